The smallest absolute Gasteiger partial charge is 0.137 e. The van der Waals surface area contributed by atoms with Crippen molar-refractivity contribution < 1.29 is 4.39 Å². The molecule has 0 saturated carbocycles. The molecule has 0 aliphatic carbocycles. The van der Waals surface area contributed by atoms with Gasteiger partial charge < -0.3 is 5.32 Å². The fourth-order valence-corrected chi connectivity index (χ4v) is 3.05. The van der Waals surface area contributed by atoms with Crippen LogP contribution in [0.2, 0.25) is 5.02 Å². The molecule has 0 aromatic heterocycles. The summed E-state index contributed by atoms with van der Waals surface area (Å²) in [6.45, 7) is 2.91. The zero-order chi connectivity index (χ0) is 15.4. The van der Waals surface area contributed by atoms with E-state index in [1.165, 1.54) is 6.07 Å². The van der Waals surface area contributed by atoms with Crippen LogP contribution in [0.15, 0.2) is 45.3 Å². The summed E-state index contributed by atoms with van der Waals surface area (Å²) in [4.78, 5) is 0. The second kappa shape index (κ2) is 7.73. The number of likely N-dealkylation sites (N-methyl/N-ethyl adjacent to an activating group) is 1. The van der Waals surface area contributed by atoms with Gasteiger partial charge in [0.05, 0.1) is 9.50 Å². The highest BCUT2D eigenvalue weighted by Crippen LogP contribution is 2.28. The Morgan fingerprint density at radius 1 is 1.14 bits per heavy atom. The van der Waals surface area contributed by atoms with Gasteiger partial charge in [0.1, 0.15) is 5.82 Å². The molecule has 0 aliphatic heterocycles. The maximum absolute atomic E-state index is 13.3. The molecule has 1 unspecified atom stereocenters. The van der Waals surface area contributed by atoms with E-state index < -0.39 is 0 Å². The van der Waals surface area contributed by atoms with Crippen molar-refractivity contribution in [1.29, 1.82) is 0 Å². The average molecular weight is 436 g/mol. The third-order valence-corrected chi connectivity index (χ3v) is 5.06. The first-order valence-corrected chi connectivity index (χ1v) is 8.60. The van der Waals surface area contributed by atoms with E-state index in [1.54, 1.807) is 0 Å². The lowest BCUT2D eigenvalue weighted by molar-refractivity contribution is 0.548. The average Bonchev–Trinajstić information content (AvgIpc) is 2.45. The molecule has 21 heavy (non-hydrogen) atoms. The predicted octanol–water partition coefficient (Wildman–Crippen LogP) is 5.90. The van der Waals surface area contributed by atoms with Crippen molar-refractivity contribution in [1.82, 2.24) is 5.32 Å². The van der Waals surface area contributed by atoms with E-state index in [1.807, 2.05) is 30.3 Å². The number of hydrogen-bond acceptors (Lipinski definition) is 1. The second-order valence-electron chi connectivity index (χ2n) is 4.74. The molecule has 0 amide bonds. The van der Waals surface area contributed by atoms with Crippen molar-refractivity contribution in [3.8, 4) is 0 Å². The Hall–Kier alpha value is -0.420. The lowest BCUT2D eigenvalue weighted by atomic mass is 9.99. The van der Waals surface area contributed by atoms with Gasteiger partial charge in [-0.15, -0.1) is 0 Å². The fourth-order valence-electron chi connectivity index (χ4n) is 2.19. The van der Waals surface area contributed by atoms with E-state index >= 15 is 0 Å². The summed E-state index contributed by atoms with van der Waals surface area (Å²) in [6, 6.07) is 11.2. The van der Waals surface area contributed by atoms with E-state index in [-0.39, 0.29) is 11.9 Å². The van der Waals surface area contributed by atoms with E-state index in [0.717, 1.165) is 28.6 Å². The molecule has 2 aromatic rings. The number of benzene rings is 2. The molecule has 1 nitrogen and oxygen atoms in total. The van der Waals surface area contributed by atoms with Crippen molar-refractivity contribution in [2.75, 3.05) is 6.54 Å². The summed E-state index contributed by atoms with van der Waals surface area (Å²) in [6.07, 6.45) is 0.769. The molecule has 2 aromatic carbocycles. The molecule has 0 fully saturated rings. The first kappa shape index (κ1) is 16.9. The van der Waals surface area contributed by atoms with Crippen molar-refractivity contribution in [3.05, 3.63) is 67.3 Å². The summed E-state index contributed by atoms with van der Waals surface area (Å²) in [7, 11) is 0. The van der Waals surface area contributed by atoms with Crippen LogP contribution in [0.5, 0.6) is 0 Å². The van der Waals surface area contributed by atoms with Gasteiger partial charge in [0, 0.05) is 10.5 Å². The normalized spacial score (nSPS) is 12.4. The predicted molar refractivity (Wildman–Crippen MR) is 93.4 cm³/mol. The molecule has 0 bridgehead atoms. The first-order valence-electron chi connectivity index (χ1n) is 6.63. The highest BCUT2D eigenvalue weighted by atomic mass is 79.9. The fraction of sp³-hybridized carbons (Fsp3) is 0.250. The topological polar surface area (TPSA) is 12.0 Å². The summed E-state index contributed by atoms with van der Waals surface area (Å²) in [5, 5.41) is 4.14. The van der Waals surface area contributed by atoms with Crippen LogP contribution < -0.4 is 5.32 Å². The highest BCUT2D eigenvalue weighted by Gasteiger charge is 2.13. The number of rotatable bonds is 5. The van der Waals surface area contributed by atoms with Gasteiger partial charge in [-0.25, -0.2) is 4.39 Å². The van der Waals surface area contributed by atoms with Crippen LogP contribution in [0.1, 0.15) is 24.1 Å². The molecule has 0 aliphatic rings. The Kier molecular flexibility index (Phi) is 6.23. The SMILES string of the molecule is CCNC(Cc1ccc(F)c(Br)c1)c1ccc(Br)c(Cl)c1. The maximum atomic E-state index is 13.3. The third kappa shape index (κ3) is 4.52. The molecule has 1 N–H and O–H groups in total. The largest absolute Gasteiger partial charge is 0.310 e. The summed E-state index contributed by atoms with van der Waals surface area (Å²) in [5.74, 6) is -0.245. The molecule has 0 saturated heterocycles. The number of nitrogens with one attached hydrogen (secondary N) is 1. The maximum Gasteiger partial charge on any atom is 0.137 e. The third-order valence-electron chi connectivity index (χ3n) is 3.22. The Bertz CT molecular complexity index is 634. The summed E-state index contributed by atoms with van der Waals surface area (Å²) >= 11 is 12.8. The molecule has 0 spiro atoms. The summed E-state index contributed by atoms with van der Waals surface area (Å²) in [5.41, 5.74) is 2.18. The van der Waals surface area contributed by atoms with Crippen molar-refractivity contribution in [3.63, 3.8) is 0 Å². The zero-order valence-corrected chi connectivity index (χ0v) is 15.4. The van der Waals surface area contributed by atoms with Crippen LogP contribution in [0, 0.1) is 5.82 Å². The van der Waals surface area contributed by atoms with Crippen molar-refractivity contribution in [2.24, 2.45) is 0 Å². The molecule has 1 atom stereocenters. The summed E-state index contributed by atoms with van der Waals surface area (Å²) < 4.78 is 14.7. The Labute approximate surface area is 146 Å². The molecule has 112 valence electrons. The van der Waals surface area contributed by atoms with E-state index in [0.29, 0.717) is 9.50 Å². The number of hydrogen-bond donors (Lipinski definition) is 1. The zero-order valence-electron chi connectivity index (χ0n) is 11.5. The molecule has 0 radical (unpaired) electrons. The van der Waals surface area contributed by atoms with Gasteiger partial charge in [0.15, 0.2) is 0 Å². The van der Waals surface area contributed by atoms with Gasteiger partial charge in [-0.05, 0) is 80.2 Å². The van der Waals surface area contributed by atoms with Crippen LogP contribution in [0.25, 0.3) is 0 Å². The second-order valence-corrected chi connectivity index (χ2v) is 6.85. The van der Waals surface area contributed by atoms with Crippen molar-refractivity contribution >= 4 is 43.5 Å². The van der Waals surface area contributed by atoms with Gasteiger partial charge in [-0.1, -0.05) is 30.7 Å². The highest BCUT2D eigenvalue weighted by molar-refractivity contribution is 9.10. The van der Waals surface area contributed by atoms with Crippen molar-refractivity contribution in [2.45, 2.75) is 19.4 Å². The van der Waals surface area contributed by atoms with Gasteiger partial charge in [-0.3, -0.25) is 0 Å². The van der Waals surface area contributed by atoms with E-state index in [4.69, 9.17) is 11.6 Å². The minimum Gasteiger partial charge on any atom is -0.310 e. The minimum absolute atomic E-state index is 0.137. The van der Waals surface area contributed by atoms with Gasteiger partial charge in [0.2, 0.25) is 0 Å². The molecular weight excluding hydrogens is 420 g/mol. The first-order chi connectivity index (χ1) is 10.0. The number of halogens is 4. The Morgan fingerprint density at radius 3 is 2.52 bits per heavy atom. The van der Waals surface area contributed by atoms with E-state index in [9.17, 15) is 4.39 Å². The van der Waals surface area contributed by atoms with Crippen LogP contribution in [0.4, 0.5) is 4.39 Å². The monoisotopic (exact) mass is 433 g/mol. The molecule has 2 rings (SSSR count). The van der Waals surface area contributed by atoms with E-state index in [2.05, 4.69) is 44.1 Å². The molecular formula is C16H15Br2ClFN. The lowest BCUT2D eigenvalue weighted by Crippen LogP contribution is -2.23. The van der Waals surface area contributed by atoms with Crippen LogP contribution in [-0.2, 0) is 6.42 Å². The standard InChI is InChI=1S/C16H15Br2ClFN/c1-2-21-16(11-4-5-12(17)14(19)9-11)8-10-3-6-15(20)13(18)7-10/h3-7,9,16,21H,2,8H2,1H3. The Morgan fingerprint density at radius 2 is 1.90 bits per heavy atom. The van der Waals surface area contributed by atoms with Gasteiger partial charge in [0.25, 0.3) is 0 Å². The molecule has 5 heteroatoms. The molecule has 0 heterocycles. The van der Waals surface area contributed by atoms with Crippen LogP contribution in [-0.4, -0.2) is 6.54 Å². The Balaban J connectivity index is 2.25. The quantitative estimate of drug-likeness (QED) is 0.617. The van der Waals surface area contributed by atoms with Crippen LogP contribution >= 0.6 is 43.5 Å². The lowest BCUT2D eigenvalue weighted by Gasteiger charge is -2.19. The van der Waals surface area contributed by atoms with Gasteiger partial charge in [-0.2, -0.15) is 0 Å². The van der Waals surface area contributed by atoms with Crippen LogP contribution in [0.3, 0.4) is 0 Å². The van der Waals surface area contributed by atoms with Gasteiger partial charge >= 0.3 is 0 Å². The minimum atomic E-state index is -0.245.